The highest BCUT2D eigenvalue weighted by molar-refractivity contribution is 5.81. The first-order chi connectivity index (χ1) is 9.67. The van der Waals surface area contributed by atoms with E-state index in [0.717, 1.165) is 12.8 Å². The summed E-state index contributed by atoms with van der Waals surface area (Å²) in [6.07, 6.45) is 3.41. The minimum atomic E-state index is -1.10. The third-order valence-electron chi connectivity index (χ3n) is 4.12. The molecule has 0 radical (unpaired) electrons. The normalized spacial score (nSPS) is 18.7. The highest BCUT2D eigenvalue weighted by Crippen LogP contribution is 2.37. The van der Waals surface area contributed by atoms with Gasteiger partial charge in [0.05, 0.1) is 6.61 Å². The minimum Gasteiger partial charge on any atom is -0.384 e. The number of hydrogen-bond acceptors (Lipinski definition) is 3. The van der Waals surface area contributed by atoms with E-state index in [0.29, 0.717) is 18.7 Å². The van der Waals surface area contributed by atoms with Gasteiger partial charge in [-0.3, -0.25) is 4.79 Å². The van der Waals surface area contributed by atoms with Gasteiger partial charge in [-0.2, -0.15) is 0 Å². The Morgan fingerprint density at radius 3 is 2.60 bits per heavy atom. The lowest BCUT2D eigenvalue weighted by molar-refractivity contribution is -0.130. The Hall–Kier alpha value is -1.39. The standard InChI is InChI=1S/C16H23NO3/c1-20-12-16(9-5-6-10-16)11-17-15(19)14(18)13-7-3-2-4-8-13/h2-4,7-8,14,18H,5-6,9-12H2,1H3,(H,17,19)/t14-/m0/s1. The van der Waals surface area contributed by atoms with Crippen LogP contribution >= 0.6 is 0 Å². The first-order valence-electron chi connectivity index (χ1n) is 7.17. The smallest absolute Gasteiger partial charge is 0.253 e. The molecule has 20 heavy (non-hydrogen) atoms. The molecule has 2 rings (SSSR count). The number of aliphatic hydroxyl groups excluding tert-OH is 1. The van der Waals surface area contributed by atoms with E-state index >= 15 is 0 Å². The van der Waals surface area contributed by atoms with Crippen LogP contribution in [0.2, 0.25) is 0 Å². The maximum Gasteiger partial charge on any atom is 0.253 e. The lowest BCUT2D eigenvalue weighted by Crippen LogP contribution is -2.40. The summed E-state index contributed by atoms with van der Waals surface area (Å²) >= 11 is 0. The number of hydrogen-bond donors (Lipinski definition) is 2. The summed E-state index contributed by atoms with van der Waals surface area (Å²) in [5.74, 6) is -0.335. The first kappa shape index (κ1) is 15.0. The number of carbonyl (C=O) groups is 1. The van der Waals surface area contributed by atoms with Crippen LogP contribution in [0.1, 0.15) is 37.4 Å². The second-order valence-electron chi connectivity index (χ2n) is 5.67. The molecule has 1 aromatic carbocycles. The van der Waals surface area contributed by atoms with Crippen LogP contribution in [0.3, 0.4) is 0 Å². The predicted octanol–water partition coefficient (Wildman–Crippen LogP) is 2.04. The van der Waals surface area contributed by atoms with E-state index in [1.807, 2.05) is 18.2 Å². The van der Waals surface area contributed by atoms with Crippen LogP contribution in [-0.2, 0) is 9.53 Å². The van der Waals surface area contributed by atoms with E-state index in [4.69, 9.17) is 4.74 Å². The van der Waals surface area contributed by atoms with Gasteiger partial charge in [0.25, 0.3) is 5.91 Å². The zero-order chi connectivity index (χ0) is 14.4. The molecule has 0 aliphatic heterocycles. The molecule has 1 fully saturated rings. The molecule has 110 valence electrons. The summed E-state index contributed by atoms with van der Waals surface area (Å²) in [4.78, 5) is 12.0. The number of methoxy groups -OCH3 is 1. The molecule has 0 unspecified atom stereocenters. The Bertz CT molecular complexity index is 427. The minimum absolute atomic E-state index is 0.0425. The average molecular weight is 277 g/mol. The second-order valence-corrected chi connectivity index (χ2v) is 5.67. The van der Waals surface area contributed by atoms with Crippen LogP contribution in [0.25, 0.3) is 0 Å². The third kappa shape index (κ3) is 3.58. The van der Waals surface area contributed by atoms with Gasteiger partial charge < -0.3 is 15.2 Å². The number of nitrogens with one attached hydrogen (secondary N) is 1. The molecular weight excluding hydrogens is 254 g/mol. The van der Waals surface area contributed by atoms with Crippen LogP contribution in [-0.4, -0.2) is 31.3 Å². The highest BCUT2D eigenvalue weighted by atomic mass is 16.5. The van der Waals surface area contributed by atoms with Crippen molar-refractivity contribution in [3.8, 4) is 0 Å². The van der Waals surface area contributed by atoms with Crippen molar-refractivity contribution in [3.05, 3.63) is 35.9 Å². The van der Waals surface area contributed by atoms with Crippen molar-refractivity contribution in [3.63, 3.8) is 0 Å². The Labute approximate surface area is 120 Å². The first-order valence-corrected chi connectivity index (χ1v) is 7.17. The van der Waals surface area contributed by atoms with Gasteiger partial charge in [0.1, 0.15) is 0 Å². The molecule has 0 spiro atoms. The number of rotatable bonds is 6. The number of carbonyl (C=O) groups excluding carboxylic acids is 1. The maximum atomic E-state index is 12.0. The summed E-state index contributed by atoms with van der Waals surface area (Å²) in [6.45, 7) is 1.23. The Balaban J connectivity index is 1.91. The average Bonchev–Trinajstić information content (AvgIpc) is 2.94. The summed E-state index contributed by atoms with van der Waals surface area (Å²) in [5, 5.41) is 12.9. The van der Waals surface area contributed by atoms with Gasteiger partial charge >= 0.3 is 0 Å². The number of amides is 1. The third-order valence-corrected chi connectivity index (χ3v) is 4.12. The van der Waals surface area contributed by atoms with Gasteiger partial charge in [0, 0.05) is 19.1 Å². The van der Waals surface area contributed by atoms with Crippen molar-refractivity contribution >= 4 is 5.91 Å². The van der Waals surface area contributed by atoms with E-state index in [-0.39, 0.29) is 11.3 Å². The topological polar surface area (TPSA) is 58.6 Å². The highest BCUT2D eigenvalue weighted by Gasteiger charge is 2.34. The quantitative estimate of drug-likeness (QED) is 0.836. The van der Waals surface area contributed by atoms with Gasteiger partial charge in [-0.15, -0.1) is 0 Å². The zero-order valence-electron chi connectivity index (χ0n) is 12.0. The molecule has 1 aliphatic carbocycles. The largest absolute Gasteiger partial charge is 0.384 e. The van der Waals surface area contributed by atoms with Crippen LogP contribution in [0, 0.1) is 5.41 Å². The van der Waals surface area contributed by atoms with Crippen molar-refractivity contribution in [2.24, 2.45) is 5.41 Å². The molecule has 1 atom stereocenters. The van der Waals surface area contributed by atoms with Crippen molar-refractivity contribution in [2.75, 3.05) is 20.3 Å². The number of benzene rings is 1. The van der Waals surface area contributed by atoms with Gasteiger partial charge in [-0.1, -0.05) is 43.2 Å². The van der Waals surface area contributed by atoms with E-state index in [1.165, 1.54) is 12.8 Å². The maximum absolute atomic E-state index is 12.0. The van der Waals surface area contributed by atoms with Crippen LogP contribution in [0.15, 0.2) is 30.3 Å². The Kier molecular flexibility index (Phi) is 5.15. The fourth-order valence-corrected chi connectivity index (χ4v) is 2.96. The molecule has 1 aromatic rings. The lowest BCUT2D eigenvalue weighted by atomic mass is 9.87. The van der Waals surface area contributed by atoms with Crippen molar-refractivity contribution in [2.45, 2.75) is 31.8 Å². The molecule has 0 bridgehead atoms. The second kappa shape index (κ2) is 6.86. The van der Waals surface area contributed by atoms with Crippen LogP contribution < -0.4 is 5.32 Å². The SMILES string of the molecule is COCC1(CNC(=O)[C@@H](O)c2ccccc2)CCCC1. The van der Waals surface area contributed by atoms with Crippen molar-refractivity contribution < 1.29 is 14.6 Å². The number of aliphatic hydroxyl groups is 1. The van der Waals surface area contributed by atoms with Crippen molar-refractivity contribution in [1.82, 2.24) is 5.32 Å². The molecule has 4 heteroatoms. The fourth-order valence-electron chi connectivity index (χ4n) is 2.96. The molecule has 0 aromatic heterocycles. The van der Waals surface area contributed by atoms with Gasteiger partial charge in [-0.25, -0.2) is 0 Å². The Morgan fingerprint density at radius 2 is 2.00 bits per heavy atom. The van der Waals surface area contributed by atoms with Gasteiger partial charge in [0.2, 0.25) is 0 Å². The van der Waals surface area contributed by atoms with E-state index in [9.17, 15) is 9.90 Å². The summed E-state index contributed by atoms with van der Waals surface area (Å²) < 4.78 is 5.29. The molecule has 1 aliphatic rings. The lowest BCUT2D eigenvalue weighted by Gasteiger charge is -2.28. The number of ether oxygens (including phenoxy) is 1. The van der Waals surface area contributed by atoms with Crippen LogP contribution in [0.4, 0.5) is 0 Å². The van der Waals surface area contributed by atoms with Crippen molar-refractivity contribution in [1.29, 1.82) is 0 Å². The molecular formula is C16H23NO3. The zero-order valence-corrected chi connectivity index (χ0v) is 12.0. The van der Waals surface area contributed by atoms with E-state index in [1.54, 1.807) is 19.2 Å². The molecule has 1 saturated carbocycles. The van der Waals surface area contributed by atoms with E-state index in [2.05, 4.69) is 5.32 Å². The predicted molar refractivity (Wildman–Crippen MR) is 77.2 cm³/mol. The molecule has 0 saturated heterocycles. The fraction of sp³-hybridized carbons (Fsp3) is 0.562. The Morgan fingerprint density at radius 1 is 1.35 bits per heavy atom. The van der Waals surface area contributed by atoms with Gasteiger partial charge in [-0.05, 0) is 18.4 Å². The summed E-state index contributed by atoms with van der Waals surface area (Å²) in [6, 6.07) is 9.00. The molecule has 4 nitrogen and oxygen atoms in total. The van der Waals surface area contributed by atoms with Gasteiger partial charge in [0.15, 0.2) is 6.10 Å². The molecule has 1 amide bonds. The summed E-state index contributed by atoms with van der Waals surface area (Å²) in [7, 11) is 1.70. The van der Waals surface area contributed by atoms with E-state index < -0.39 is 6.10 Å². The molecule has 2 N–H and O–H groups in total. The monoisotopic (exact) mass is 277 g/mol. The van der Waals surface area contributed by atoms with Crippen LogP contribution in [0.5, 0.6) is 0 Å². The summed E-state index contributed by atoms with van der Waals surface area (Å²) in [5.41, 5.74) is 0.665. The molecule has 0 heterocycles.